The van der Waals surface area contributed by atoms with Gasteiger partial charge in [0.15, 0.2) is 0 Å². The minimum Gasteiger partial charge on any atom is -0.360 e. The number of hydrogen-bond acceptors (Lipinski definition) is 4. The Kier molecular flexibility index (Phi) is 6.77. The Bertz CT molecular complexity index is 920. The summed E-state index contributed by atoms with van der Waals surface area (Å²) in [6.45, 7) is 5.49. The number of rotatable bonds is 5. The Morgan fingerprint density at radius 1 is 1.19 bits per heavy atom. The summed E-state index contributed by atoms with van der Waals surface area (Å²) >= 11 is 0. The lowest BCUT2D eigenvalue weighted by Crippen LogP contribution is -2.34. The van der Waals surface area contributed by atoms with Gasteiger partial charge in [0.05, 0.1) is 15.7 Å². The monoisotopic (exact) mass is 398 g/mol. The van der Waals surface area contributed by atoms with Gasteiger partial charge in [-0.1, -0.05) is 39.7 Å². The van der Waals surface area contributed by atoms with Crippen molar-refractivity contribution in [2.75, 3.05) is 0 Å². The average Bonchev–Trinajstić information content (AvgIpc) is 3.13. The normalized spacial score (nSPS) is 21.6. The molecule has 8 heteroatoms. The third-order valence-corrected chi connectivity index (χ3v) is 8.33. The maximum absolute atomic E-state index is 13.4. The highest BCUT2D eigenvalue weighted by Gasteiger charge is 2.46. The molecule has 1 atom stereocenters. The van der Waals surface area contributed by atoms with E-state index in [0.717, 1.165) is 12.8 Å². The Morgan fingerprint density at radius 2 is 1.81 bits per heavy atom. The van der Waals surface area contributed by atoms with Crippen molar-refractivity contribution in [2.45, 2.75) is 65.7 Å². The van der Waals surface area contributed by atoms with Crippen LogP contribution in [0.4, 0.5) is 0 Å². The molecule has 144 valence electrons. The van der Waals surface area contributed by atoms with Crippen LogP contribution in [0.15, 0.2) is 22.1 Å². The van der Waals surface area contributed by atoms with E-state index in [4.69, 9.17) is 0 Å². The van der Waals surface area contributed by atoms with Gasteiger partial charge in [-0.15, -0.1) is 0 Å². The molecular formula is C18H26N2O4S2. The first-order valence-electron chi connectivity index (χ1n) is 9.20. The van der Waals surface area contributed by atoms with E-state index in [1.807, 2.05) is 13.8 Å². The number of allylic oxidation sites excluding steroid dienone is 4. The zero-order valence-electron chi connectivity index (χ0n) is 15.5. The van der Waals surface area contributed by atoms with Crippen molar-refractivity contribution in [1.82, 2.24) is 0 Å². The van der Waals surface area contributed by atoms with E-state index in [1.54, 1.807) is 13.0 Å². The van der Waals surface area contributed by atoms with Crippen LogP contribution in [-0.4, -0.2) is 31.5 Å². The van der Waals surface area contributed by atoms with E-state index in [-0.39, 0.29) is 20.7 Å². The van der Waals surface area contributed by atoms with E-state index in [0.29, 0.717) is 43.3 Å². The molecule has 6 nitrogen and oxygen atoms in total. The smallest absolute Gasteiger partial charge is 0.360 e. The first-order valence-corrected chi connectivity index (χ1v) is 11.8. The molecule has 0 spiro atoms. The SMILES string of the molecule is CCC1=CC(CC)=C(S(=O)(=O)C(=[N+]=[N-])C2CCCC2)C(CC)C1=S(=O)=O. The number of sulfone groups is 1. The van der Waals surface area contributed by atoms with Gasteiger partial charge in [0.2, 0.25) is 10.3 Å². The Morgan fingerprint density at radius 3 is 2.23 bits per heavy atom. The van der Waals surface area contributed by atoms with E-state index in [2.05, 4.69) is 4.79 Å². The summed E-state index contributed by atoms with van der Waals surface area (Å²) < 4.78 is 50.6. The maximum atomic E-state index is 13.4. The Hall–Kier alpha value is -1.50. The summed E-state index contributed by atoms with van der Waals surface area (Å²) in [5.74, 6) is -1.03. The van der Waals surface area contributed by atoms with Crippen molar-refractivity contribution in [3.8, 4) is 0 Å². The van der Waals surface area contributed by atoms with Crippen molar-refractivity contribution < 1.29 is 21.6 Å². The molecule has 0 amide bonds. The van der Waals surface area contributed by atoms with Crippen LogP contribution in [-0.2, 0) is 20.1 Å². The van der Waals surface area contributed by atoms with Crippen LogP contribution >= 0.6 is 0 Å². The average molecular weight is 399 g/mol. The van der Waals surface area contributed by atoms with E-state index in [1.165, 1.54) is 0 Å². The van der Waals surface area contributed by atoms with Gasteiger partial charge in [0, 0.05) is 5.92 Å². The summed E-state index contributed by atoms with van der Waals surface area (Å²) in [6, 6.07) is 0. The second kappa shape index (κ2) is 8.46. The molecule has 0 radical (unpaired) electrons. The molecular weight excluding hydrogens is 372 g/mol. The van der Waals surface area contributed by atoms with E-state index < -0.39 is 26.0 Å². The van der Waals surface area contributed by atoms with Crippen LogP contribution < -0.4 is 0 Å². The lowest BCUT2D eigenvalue weighted by molar-refractivity contribution is -0.00729. The molecule has 2 rings (SSSR count). The van der Waals surface area contributed by atoms with Crippen LogP contribution in [0, 0.1) is 11.8 Å². The second-order valence-electron chi connectivity index (χ2n) is 6.75. The first kappa shape index (κ1) is 20.8. The molecule has 2 aliphatic rings. The molecule has 0 aliphatic heterocycles. The summed E-state index contributed by atoms with van der Waals surface area (Å²) in [6.07, 6.45) is 6.16. The maximum Gasteiger partial charge on any atom is 0.388 e. The van der Waals surface area contributed by atoms with Crippen LogP contribution in [0.2, 0.25) is 0 Å². The fourth-order valence-corrected chi connectivity index (χ4v) is 7.29. The highest BCUT2D eigenvalue weighted by atomic mass is 32.2. The second-order valence-corrected chi connectivity index (χ2v) is 9.52. The quantitative estimate of drug-likeness (QED) is 0.233. The van der Waals surface area contributed by atoms with Crippen LogP contribution in [0.1, 0.15) is 65.7 Å². The molecule has 0 bridgehead atoms. The molecule has 0 saturated heterocycles. The van der Waals surface area contributed by atoms with Crippen LogP contribution in [0.25, 0.3) is 5.53 Å². The van der Waals surface area contributed by atoms with Gasteiger partial charge in [-0.05, 0) is 43.3 Å². The van der Waals surface area contributed by atoms with Gasteiger partial charge in [-0.2, -0.15) is 13.2 Å². The Balaban J connectivity index is 2.77. The molecule has 0 aromatic carbocycles. The molecule has 26 heavy (non-hydrogen) atoms. The van der Waals surface area contributed by atoms with Gasteiger partial charge in [0.25, 0.3) is 9.84 Å². The summed E-state index contributed by atoms with van der Waals surface area (Å²) in [7, 11) is -6.54. The predicted octanol–water partition coefficient (Wildman–Crippen LogP) is 3.31. The highest BCUT2D eigenvalue weighted by Crippen LogP contribution is 2.38. The fraction of sp³-hybridized carbons (Fsp3) is 0.667. The zero-order valence-corrected chi connectivity index (χ0v) is 17.2. The van der Waals surface area contributed by atoms with Crippen LogP contribution in [0.5, 0.6) is 0 Å². The topological polar surface area (TPSA) is 105 Å². The molecule has 2 aliphatic carbocycles. The van der Waals surface area contributed by atoms with Crippen molar-refractivity contribution in [2.24, 2.45) is 11.8 Å². The van der Waals surface area contributed by atoms with Crippen LogP contribution in [0.3, 0.4) is 0 Å². The van der Waals surface area contributed by atoms with Crippen molar-refractivity contribution in [1.29, 1.82) is 0 Å². The van der Waals surface area contributed by atoms with Gasteiger partial charge in [-0.3, -0.25) is 0 Å². The van der Waals surface area contributed by atoms with E-state index in [9.17, 15) is 22.4 Å². The summed E-state index contributed by atoms with van der Waals surface area (Å²) in [5, 5.41) is -0.209. The fourth-order valence-electron chi connectivity index (χ4n) is 4.07. The molecule has 1 saturated carbocycles. The summed E-state index contributed by atoms with van der Waals surface area (Å²) in [5.41, 5.74) is 10.8. The van der Waals surface area contributed by atoms with E-state index >= 15 is 0 Å². The standard InChI is InChI=1S/C18H26N2O4S2/c1-4-12-11-13(5-2)17(15(6-3)16(12)25(21)22)26(23,24)18(20-19)14-9-7-8-10-14/h11,14-15H,4-10H2,1-3H3. The van der Waals surface area contributed by atoms with Gasteiger partial charge in [-0.25, -0.2) is 8.42 Å². The summed E-state index contributed by atoms with van der Waals surface area (Å²) in [4.78, 5) is 3.42. The molecule has 0 aromatic rings. The molecule has 0 heterocycles. The largest absolute Gasteiger partial charge is 0.388 e. The van der Waals surface area contributed by atoms with Gasteiger partial charge >= 0.3 is 5.04 Å². The van der Waals surface area contributed by atoms with Crippen molar-refractivity contribution in [3.63, 3.8) is 0 Å². The minimum absolute atomic E-state index is 0.0959. The lowest BCUT2D eigenvalue weighted by atomic mass is 9.86. The minimum atomic E-state index is -4.04. The third kappa shape index (κ3) is 3.63. The lowest BCUT2D eigenvalue weighted by Gasteiger charge is -2.27. The molecule has 1 unspecified atom stereocenters. The Labute approximate surface area is 157 Å². The first-order chi connectivity index (χ1) is 12.3. The number of hydrogen-bond donors (Lipinski definition) is 0. The van der Waals surface area contributed by atoms with Crippen molar-refractivity contribution in [3.05, 3.63) is 27.7 Å². The molecule has 0 N–H and O–H groups in total. The van der Waals surface area contributed by atoms with Gasteiger partial charge < -0.3 is 5.53 Å². The third-order valence-electron chi connectivity index (χ3n) is 5.33. The number of nitrogens with zero attached hydrogens (tertiary/aromatic N) is 2. The molecule has 0 aromatic heterocycles. The zero-order chi connectivity index (χ0) is 19.5. The van der Waals surface area contributed by atoms with Gasteiger partial charge in [0.1, 0.15) is 0 Å². The van der Waals surface area contributed by atoms with Crippen molar-refractivity contribution >= 4 is 30.0 Å². The predicted molar refractivity (Wildman–Crippen MR) is 103 cm³/mol. The highest BCUT2D eigenvalue weighted by molar-refractivity contribution is 8.09. The molecule has 1 fully saturated rings.